The Morgan fingerprint density at radius 2 is 1.86 bits per heavy atom. The number of carbonyl (C=O) groups is 1. The van der Waals surface area contributed by atoms with Crippen LogP contribution in [0.15, 0.2) is 39.5 Å². The van der Waals surface area contributed by atoms with Crippen LogP contribution in [0.2, 0.25) is 0 Å². The summed E-state index contributed by atoms with van der Waals surface area (Å²) >= 11 is 0. The van der Waals surface area contributed by atoms with Gasteiger partial charge in [0.05, 0.1) is 0 Å². The molecule has 0 saturated carbocycles. The zero-order valence-electron chi connectivity index (χ0n) is 16.3. The first-order chi connectivity index (χ1) is 13.4. The van der Waals surface area contributed by atoms with Crippen LogP contribution in [0.4, 0.5) is 0 Å². The molecule has 0 fully saturated rings. The summed E-state index contributed by atoms with van der Waals surface area (Å²) in [5.41, 5.74) is 5.16. The minimum absolute atomic E-state index is 0.199. The maximum atomic E-state index is 12.2. The number of hydrogen-bond donors (Lipinski definition) is 0. The second-order valence-corrected chi connectivity index (χ2v) is 7.33. The van der Waals surface area contributed by atoms with Crippen molar-refractivity contribution >= 4 is 16.9 Å². The summed E-state index contributed by atoms with van der Waals surface area (Å²) in [6.07, 6.45) is 2.60. The van der Waals surface area contributed by atoms with Crippen molar-refractivity contribution in [3.05, 3.63) is 68.6 Å². The largest absolute Gasteiger partial charge is 0.482 e. The lowest BCUT2D eigenvalue weighted by molar-refractivity contribution is -0.136. The summed E-state index contributed by atoms with van der Waals surface area (Å²) in [6.45, 7) is 5.75. The van der Waals surface area contributed by atoms with E-state index in [0.29, 0.717) is 17.1 Å². The van der Waals surface area contributed by atoms with Gasteiger partial charge in [0.15, 0.2) is 6.61 Å². The van der Waals surface area contributed by atoms with Crippen molar-refractivity contribution in [3.63, 3.8) is 0 Å². The summed E-state index contributed by atoms with van der Waals surface area (Å²) in [7, 11) is 0. The molecule has 2 aromatic carbocycles. The van der Waals surface area contributed by atoms with Crippen LogP contribution in [0.25, 0.3) is 11.0 Å². The van der Waals surface area contributed by atoms with E-state index in [1.54, 1.807) is 12.1 Å². The normalized spacial score (nSPS) is 12.8. The Balaban J connectivity index is 1.50. The van der Waals surface area contributed by atoms with Crippen LogP contribution >= 0.6 is 0 Å². The number of rotatable bonds is 4. The quantitative estimate of drug-likeness (QED) is 0.387. The zero-order chi connectivity index (χ0) is 19.8. The van der Waals surface area contributed by atoms with Crippen LogP contribution in [0.3, 0.4) is 0 Å². The van der Waals surface area contributed by atoms with Gasteiger partial charge < -0.3 is 13.9 Å². The van der Waals surface area contributed by atoms with Crippen molar-refractivity contribution in [3.8, 4) is 11.5 Å². The molecule has 1 aliphatic rings. The number of aryl methyl sites for hydroxylation is 3. The van der Waals surface area contributed by atoms with E-state index < -0.39 is 5.97 Å². The van der Waals surface area contributed by atoms with E-state index in [4.69, 9.17) is 13.9 Å². The number of hydrogen-bond acceptors (Lipinski definition) is 5. The number of esters is 1. The van der Waals surface area contributed by atoms with Crippen molar-refractivity contribution in [1.82, 2.24) is 0 Å². The molecule has 1 aliphatic carbocycles. The van der Waals surface area contributed by atoms with Gasteiger partial charge >= 0.3 is 11.6 Å². The minimum Gasteiger partial charge on any atom is -0.482 e. The molecule has 0 amide bonds. The zero-order valence-corrected chi connectivity index (χ0v) is 16.3. The Kier molecular flexibility index (Phi) is 4.67. The van der Waals surface area contributed by atoms with E-state index in [1.807, 2.05) is 32.9 Å². The molecule has 0 spiro atoms. The summed E-state index contributed by atoms with van der Waals surface area (Å²) in [4.78, 5) is 24.3. The highest BCUT2D eigenvalue weighted by molar-refractivity contribution is 5.84. The molecule has 0 radical (unpaired) electrons. The molecule has 0 N–H and O–H groups in total. The molecule has 5 heteroatoms. The molecule has 0 bridgehead atoms. The van der Waals surface area contributed by atoms with Gasteiger partial charge in [-0.25, -0.2) is 9.59 Å². The Hall–Kier alpha value is -3.08. The average Bonchev–Trinajstić information content (AvgIpc) is 3.14. The van der Waals surface area contributed by atoms with Crippen molar-refractivity contribution in [2.45, 2.75) is 40.0 Å². The molecule has 0 atom stereocenters. The first-order valence-corrected chi connectivity index (χ1v) is 9.42. The second kappa shape index (κ2) is 7.15. The van der Waals surface area contributed by atoms with E-state index in [9.17, 15) is 9.59 Å². The van der Waals surface area contributed by atoms with E-state index in [0.717, 1.165) is 52.5 Å². The lowest BCUT2D eigenvalue weighted by Crippen LogP contribution is -2.18. The van der Waals surface area contributed by atoms with Crippen LogP contribution in [0, 0.1) is 20.8 Å². The van der Waals surface area contributed by atoms with Gasteiger partial charge in [-0.05, 0) is 80.5 Å². The van der Waals surface area contributed by atoms with E-state index in [-0.39, 0.29) is 12.2 Å². The standard InChI is InChI=1S/C23H22O5/c1-13-9-14(2)15(3)20(10-13)26-12-22(24)27-16-7-8-18-17-5-4-6-19(17)23(25)28-21(18)11-16/h7-11H,4-6,12H2,1-3H3. The number of carbonyl (C=O) groups excluding carboxylic acids is 1. The van der Waals surface area contributed by atoms with Crippen LogP contribution in [-0.2, 0) is 17.6 Å². The minimum atomic E-state index is -0.513. The monoisotopic (exact) mass is 378 g/mol. The molecule has 0 unspecified atom stereocenters. The number of fused-ring (bicyclic) bond motifs is 3. The van der Waals surface area contributed by atoms with E-state index in [2.05, 4.69) is 6.07 Å². The van der Waals surface area contributed by atoms with Crippen molar-refractivity contribution in [1.29, 1.82) is 0 Å². The van der Waals surface area contributed by atoms with Gasteiger partial charge in [0.2, 0.25) is 0 Å². The second-order valence-electron chi connectivity index (χ2n) is 7.33. The van der Waals surface area contributed by atoms with E-state index >= 15 is 0 Å². The van der Waals surface area contributed by atoms with Gasteiger partial charge in [0.1, 0.15) is 17.1 Å². The van der Waals surface area contributed by atoms with Crippen molar-refractivity contribution in [2.24, 2.45) is 0 Å². The van der Waals surface area contributed by atoms with Gasteiger partial charge in [-0.15, -0.1) is 0 Å². The van der Waals surface area contributed by atoms with E-state index in [1.165, 1.54) is 0 Å². The SMILES string of the molecule is Cc1cc(C)c(C)c(OCC(=O)Oc2ccc3c4c(c(=O)oc3c2)CCC4)c1. The molecule has 4 rings (SSSR count). The van der Waals surface area contributed by atoms with Gasteiger partial charge in [-0.3, -0.25) is 0 Å². The summed E-state index contributed by atoms with van der Waals surface area (Å²) in [5.74, 6) is 0.496. The van der Waals surface area contributed by atoms with Crippen molar-refractivity contribution in [2.75, 3.05) is 6.61 Å². The lowest BCUT2D eigenvalue weighted by Gasteiger charge is -2.12. The number of ether oxygens (including phenoxy) is 2. The third-order valence-corrected chi connectivity index (χ3v) is 5.29. The average molecular weight is 378 g/mol. The predicted octanol–water partition coefficient (Wildman–Crippen LogP) is 4.19. The van der Waals surface area contributed by atoms with Gasteiger partial charge in [0.25, 0.3) is 0 Å². The molecule has 144 valence electrons. The fraction of sp³-hybridized carbons (Fsp3) is 0.304. The molecular formula is C23H22O5. The molecule has 3 aromatic rings. The Morgan fingerprint density at radius 3 is 2.68 bits per heavy atom. The predicted molar refractivity (Wildman–Crippen MR) is 106 cm³/mol. The maximum absolute atomic E-state index is 12.2. The highest BCUT2D eigenvalue weighted by Gasteiger charge is 2.20. The van der Waals surface area contributed by atoms with Crippen LogP contribution in [-0.4, -0.2) is 12.6 Å². The number of benzene rings is 2. The van der Waals surface area contributed by atoms with Gasteiger partial charge in [0, 0.05) is 17.0 Å². The van der Waals surface area contributed by atoms with Gasteiger partial charge in [-0.2, -0.15) is 0 Å². The van der Waals surface area contributed by atoms with Gasteiger partial charge in [-0.1, -0.05) is 6.07 Å². The molecule has 0 aliphatic heterocycles. The third-order valence-electron chi connectivity index (χ3n) is 5.29. The molecular weight excluding hydrogens is 356 g/mol. The highest BCUT2D eigenvalue weighted by atomic mass is 16.6. The Bertz CT molecular complexity index is 1140. The molecule has 5 nitrogen and oxygen atoms in total. The topological polar surface area (TPSA) is 65.7 Å². The maximum Gasteiger partial charge on any atom is 0.349 e. The fourth-order valence-electron chi connectivity index (χ4n) is 3.78. The highest BCUT2D eigenvalue weighted by Crippen LogP contribution is 2.30. The van der Waals surface area contributed by atoms with Crippen molar-refractivity contribution < 1.29 is 18.7 Å². The fourth-order valence-corrected chi connectivity index (χ4v) is 3.78. The smallest absolute Gasteiger partial charge is 0.349 e. The molecule has 1 aromatic heterocycles. The van der Waals surface area contributed by atoms with Crippen LogP contribution < -0.4 is 15.1 Å². The third kappa shape index (κ3) is 3.40. The first-order valence-electron chi connectivity index (χ1n) is 9.42. The summed E-state index contributed by atoms with van der Waals surface area (Å²) < 4.78 is 16.4. The first kappa shape index (κ1) is 18.3. The Morgan fingerprint density at radius 1 is 1.07 bits per heavy atom. The molecule has 1 heterocycles. The molecule has 0 saturated heterocycles. The molecule has 28 heavy (non-hydrogen) atoms. The summed E-state index contributed by atoms with van der Waals surface area (Å²) in [6, 6.07) is 9.14. The summed E-state index contributed by atoms with van der Waals surface area (Å²) in [5, 5.41) is 0.911. The van der Waals surface area contributed by atoms with Crippen LogP contribution in [0.5, 0.6) is 11.5 Å². The Labute approximate surface area is 162 Å². The van der Waals surface area contributed by atoms with Crippen LogP contribution in [0.1, 0.15) is 34.2 Å². The lowest BCUT2D eigenvalue weighted by atomic mass is 10.1.